The number of hydrogen-bond donors (Lipinski definition) is 0. The molecule has 0 N–H and O–H groups in total. The Bertz CT molecular complexity index is 317. The molecule has 1 rings (SSSR count). The van der Waals surface area contributed by atoms with Crippen LogP contribution in [0, 0.1) is 6.92 Å². The van der Waals surface area contributed by atoms with Crippen molar-refractivity contribution in [1.29, 1.82) is 0 Å². The highest BCUT2D eigenvalue weighted by Crippen LogP contribution is 1.89. The molecule has 0 fully saturated rings. The van der Waals surface area contributed by atoms with Gasteiger partial charge in [0, 0.05) is 24.9 Å². The van der Waals surface area contributed by atoms with E-state index in [1.54, 1.807) is 10.8 Å². The molecular weight excluding hydrogens is 166 g/mol. The summed E-state index contributed by atoms with van der Waals surface area (Å²) in [4.78, 5) is 11.5. The highest BCUT2D eigenvalue weighted by Gasteiger charge is 1.96. The fraction of sp³-hybridized carbons (Fsp3) is 0.500. The number of rotatable bonds is 4. The molecule has 0 bridgehead atoms. The lowest BCUT2D eigenvalue weighted by molar-refractivity contribution is 0.138. The van der Waals surface area contributed by atoms with Gasteiger partial charge >= 0.3 is 0 Å². The predicted octanol–water partition coefficient (Wildman–Crippen LogP) is 1.19. The van der Waals surface area contributed by atoms with Crippen LogP contribution in [0.15, 0.2) is 23.1 Å². The molecule has 1 heterocycles. The maximum atomic E-state index is 11.5. The normalized spacial score (nSPS) is 10.3. The number of aromatic nitrogens is 1. The molecule has 0 saturated carbocycles. The minimum Gasteiger partial charge on any atom is -0.380 e. The SMILES string of the molecule is CCOCCn1cccc(C)c1=O. The van der Waals surface area contributed by atoms with Crippen molar-refractivity contribution >= 4 is 0 Å². The molecule has 0 unspecified atom stereocenters. The molecule has 1 aromatic heterocycles. The van der Waals surface area contributed by atoms with Crippen molar-refractivity contribution in [2.75, 3.05) is 13.2 Å². The van der Waals surface area contributed by atoms with E-state index in [-0.39, 0.29) is 5.56 Å². The third-order valence-electron chi connectivity index (χ3n) is 1.89. The van der Waals surface area contributed by atoms with E-state index in [1.165, 1.54) is 0 Å². The number of ether oxygens (including phenoxy) is 1. The molecule has 0 radical (unpaired) electrons. The first-order chi connectivity index (χ1) is 6.25. The Balaban J connectivity index is 2.67. The lowest BCUT2D eigenvalue weighted by atomic mass is 10.3. The Morgan fingerprint density at radius 3 is 3.00 bits per heavy atom. The van der Waals surface area contributed by atoms with Gasteiger partial charge in [0.15, 0.2) is 0 Å². The number of pyridine rings is 1. The van der Waals surface area contributed by atoms with E-state index in [9.17, 15) is 4.79 Å². The fourth-order valence-corrected chi connectivity index (χ4v) is 1.14. The highest BCUT2D eigenvalue weighted by atomic mass is 16.5. The van der Waals surface area contributed by atoms with Gasteiger partial charge in [0.1, 0.15) is 0 Å². The first-order valence-electron chi connectivity index (χ1n) is 4.49. The zero-order valence-electron chi connectivity index (χ0n) is 8.12. The molecule has 0 aliphatic heterocycles. The molecule has 0 aliphatic rings. The Labute approximate surface area is 78.0 Å². The summed E-state index contributed by atoms with van der Waals surface area (Å²) in [6.07, 6.45) is 1.79. The fourth-order valence-electron chi connectivity index (χ4n) is 1.14. The smallest absolute Gasteiger partial charge is 0.253 e. The average Bonchev–Trinajstić information content (AvgIpc) is 2.13. The van der Waals surface area contributed by atoms with Gasteiger partial charge in [-0.05, 0) is 19.9 Å². The van der Waals surface area contributed by atoms with Gasteiger partial charge in [0.25, 0.3) is 5.56 Å². The van der Waals surface area contributed by atoms with Gasteiger partial charge in [0.05, 0.1) is 6.61 Å². The Morgan fingerprint density at radius 1 is 1.54 bits per heavy atom. The molecule has 0 amide bonds. The summed E-state index contributed by atoms with van der Waals surface area (Å²) in [5, 5.41) is 0. The van der Waals surface area contributed by atoms with Crippen LogP contribution in [0.5, 0.6) is 0 Å². The quantitative estimate of drug-likeness (QED) is 0.653. The van der Waals surface area contributed by atoms with E-state index in [1.807, 2.05) is 26.0 Å². The van der Waals surface area contributed by atoms with Gasteiger partial charge < -0.3 is 9.30 Å². The van der Waals surface area contributed by atoms with E-state index in [4.69, 9.17) is 4.74 Å². The lowest BCUT2D eigenvalue weighted by Gasteiger charge is -2.05. The van der Waals surface area contributed by atoms with E-state index in [0.29, 0.717) is 19.8 Å². The second-order valence-corrected chi connectivity index (χ2v) is 2.89. The first-order valence-corrected chi connectivity index (χ1v) is 4.49. The molecule has 0 saturated heterocycles. The monoisotopic (exact) mass is 181 g/mol. The van der Waals surface area contributed by atoms with Crippen molar-refractivity contribution in [3.05, 3.63) is 34.2 Å². The highest BCUT2D eigenvalue weighted by molar-refractivity contribution is 5.07. The zero-order valence-corrected chi connectivity index (χ0v) is 8.12. The molecule has 3 heteroatoms. The second kappa shape index (κ2) is 4.82. The van der Waals surface area contributed by atoms with Crippen LogP contribution in [0.4, 0.5) is 0 Å². The number of aryl methyl sites for hydroxylation is 1. The zero-order chi connectivity index (χ0) is 9.68. The summed E-state index contributed by atoms with van der Waals surface area (Å²) in [7, 11) is 0. The van der Waals surface area contributed by atoms with Crippen LogP contribution >= 0.6 is 0 Å². The van der Waals surface area contributed by atoms with Gasteiger partial charge in [-0.25, -0.2) is 0 Å². The van der Waals surface area contributed by atoms with Gasteiger partial charge in [-0.2, -0.15) is 0 Å². The van der Waals surface area contributed by atoms with Crippen molar-refractivity contribution in [2.45, 2.75) is 20.4 Å². The molecule has 0 aromatic carbocycles. The summed E-state index contributed by atoms with van der Waals surface area (Å²) >= 11 is 0. The van der Waals surface area contributed by atoms with E-state index in [0.717, 1.165) is 5.56 Å². The van der Waals surface area contributed by atoms with Crippen LogP contribution in [0.25, 0.3) is 0 Å². The van der Waals surface area contributed by atoms with Crippen LogP contribution in [-0.2, 0) is 11.3 Å². The largest absolute Gasteiger partial charge is 0.380 e. The number of nitrogens with zero attached hydrogens (tertiary/aromatic N) is 1. The van der Waals surface area contributed by atoms with Crippen LogP contribution in [0.2, 0.25) is 0 Å². The van der Waals surface area contributed by atoms with E-state index < -0.39 is 0 Å². The van der Waals surface area contributed by atoms with Gasteiger partial charge in [-0.15, -0.1) is 0 Å². The minimum absolute atomic E-state index is 0.0715. The summed E-state index contributed by atoms with van der Waals surface area (Å²) in [5.74, 6) is 0. The maximum Gasteiger partial charge on any atom is 0.253 e. The maximum absolute atomic E-state index is 11.5. The third kappa shape index (κ3) is 2.70. The van der Waals surface area contributed by atoms with Gasteiger partial charge in [0.2, 0.25) is 0 Å². The Morgan fingerprint density at radius 2 is 2.31 bits per heavy atom. The second-order valence-electron chi connectivity index (χ2n) is 2.89. The van der Waals surface area contributed by atoms with Crippen molar-refractivity contribution < 1.29 is 4.74 Å². The topological polar surface area (TPSA) is 31.2 Å². The minimum atomic E-state index is 0.0715. The number of hydrogen-bond acceptors (Lipinski definition) is 2. The van der Waals surface area contributed by atoms with Crippen LogP contribution in [-0.4, -0.2) is 17.8 Å². The molecular formula is C10H15NO2. The predicted molar refractivity (Wildman–Crippen MR) is 51.9 cm³/mol. The summed E-state index contributed by atoms with van der Waals surface area (Å²) in [5.41, 5.74) is 0.848. The molecule has 1 aromatic rings. The lowest BCUT2D eigenvalue weighted by Crippen LogP contribution is -2.23. The van der Waals surface area contributed by atoms with Gasteiger partial charge in [-0.3, -0.25) is 4.79 Å². The molecule has 0 atom stereocenters. The Kier molecular flexibility index (Phi) is 3.71. The van der Waals surface area contributed by atoms with Crippen molar-refractivity contribution in [3.63, 3.8) is 0 Å². The summed E-state index contributed by atoms with van der Waals surface area (Å²) in [6, 6.07) is 3.70. The molecule has 0 aliphatic carbocycles. The molecule has 0 spiro atoms. The molecule has 13 heavy (non-hydrogen) atoms. The average molecular weight is 181 g/mol. The summed E-state index contributed by atoms with van der Waals surface area (Å²) < 4.78 is 6.84. The van der Waals surface area contributed by atoms with Crippen LogP contribution < -0.4 is 5.56 Å². The molecule has 3 nitrogen and oxygen atoms in total. The standard InChI is InChI=1S/C10H15NO2/c1-3-13-8-7-11-6-4-5-9(2)10(11)12/h4-6H,3,7-8H2,1-2H3. The third-order valence-corrected chi connectivity index (χ3v) is 1.89. The van der Waals surface area contributed by atoms with Gasteiger partial charge in [-0.1, -0.05) is 6.07 Å². The first kappa shape index (κ1) is 9.99. The van der Waals surface area contributed by atoms with E-state index >= 15 is 0 Å². The van der Waals surface area contributed by atoms with E-state index in [2.05, 4.69) is 0 Å². The molecule has 72 valence electrons. The van der Waals surface area contributed by atoms with Crippen LogP contribution in [0.3, 0.4) is 0 Å². The van der Waals surface area contributed by atoms with Crippen molar-refractivity contribution in [1.82, 2.24) is 4.57 Å². The van der Waals surface area contributed by atoms with Crippen molar-refractivity contribution in [2.24, 2.45) is 0 Å². The Hall–Kier alpha value is -1.09. The summed E-state index contributed by atoms with van der Waals surface area (Å²) in [6.45, 7) is 5.69. The van der Waals surface area contributed by atoms with Crippen LogP contribution in [0.1, 0.15) is 12.5 Å². The van der Waals surface area contributed by atoms with Crippen molar-refractivity contribution in [3.8, 4) is 0 Å².